The van der Waals surface area contributed by atoms with Gasteiger partial charge >= 0.3 is 0 Å². The number of pyridine rings is 1. The first-order chi connectivity index (χ1) is 7.60. The van der Waals surface area contributed by atoms with Gasteiger partial charge in [0, 0.05) is 20.6 Å². The van der Waals surface area contributed by atoms with Gasteiger partial charge in [-0.1, -0.05) is 6.92 Å². The van der Waals surface area contributed by atoms with E-state index in [1.54, 1.807) is 13.1 Å². The zero-order chi connectivity index (χ0) is 12.1. The molecule has 88 valence electrons. The van der Waals surface area contributed by atoms with Gasteiger partial charge in [-0.2, -0.15) is 0 Å². The van der Waals surface area contributed by atoms with Crippen LogP contribution in [0.4, 0.5) is 5.69 Å². The summed E-state index contributed by atoms with van der Waals surface area (Å²) >= 11 is 0. The minimum absolute atomic E-state index is 0.146. The molecule has 4 heteroatoms. The fraction of sp³-hybridized carbons (Fsp3) is 0.500. The summed E-state index contributed by atoms with van der Waals surface area (Å²) in [5, 5.41) is 2.57. The van der Waals surface area contributed by atoms with Crippen molar-refractivity contribution < 1.29 is 4.79 Å². The van der Waals surface area contributed by atoms with Crippen LogP contribution in [0.2, 0.25) is 0 Å². The molecule has 1 N–H and O–H groups in total. The van der Waals surface area contributed by atoms with Gasteiger partial charge in [0.2, 0.25) is 0 Å². The lowest BCUT2D eigenvalue weighted by Gasteiger charge is -2.20. The minimum Gasteiger partial charge on any atom is -0.373 e. The Morgan fingerprint density at radius 2 is 2.19 bits per heavy atom. The number of anilines is 1. The minimum atomic E-state index is -0.146. The summed E-state index contributed by atoms with van der Waals surface area (Å²) in [6.45, 7) is 5.05. The third-order valence-electron chi connectivity index (χ3n) is 2.49. The first-order valence-corrected chi connectivity index (χ1v) is 5.51. The predicted molar refractivity (Wildman–Crippen MR) is 65.9 cm³/mol. The van der Waals surface area contributed by atoms with Crippen molar-refractivity contribution in [3.63, 3.8) is 0 Å². The Bertz CT molecular complexity index is 377. The highest BCUT2D eigenvalue weighted by Gasteiger charge is 2.09. The molecule has 0 fully saturated rings. The molecule has 1 aromatic rings. The molecular formula is C12H19N3O. The monoisotopic (exact) mass is 221 g/mol. The van der Waals surface area contributed by atoms with Gasteiger partial charge in [-0.15, -0.1) is 0 Å². The zero-order valence-corrected chi connectivity index (χ0v) is 10.4. The molecule has 16 heavy (non-hydrogen) atoms. The summed E-state index contributed by atoms with van der Waals surface area (Å²) in [5.41, 5.74) is 2.43. The number of hydrogen-bond acceptors (Lipinski definition) is 3. The highest BCUT2D eigenvalue weighted by atomic mass is 16.1. The van der Waals surface area contributed by atoms with Crippen LogP contribution in [0.25, 0.3) is 0 Å². The van der Waals surface area contributed by atoms with E-state index in [4.69, 9.17) is 0 Å². The molecule has 0 aliphatic heterocycles. The van der Waals surface area contributed by atoms with Crippen LogP contribution in [0.15, 0.2) is 12.1 Å². The maximum absolute atomic E-state index is 11.4. The van der Waals surface area contributed by atoms with Crippen molar-refractivity contribution in [2.45, 2.75) is 20.3 Å². The Labute approximate surface area is 96.7 Å². The number of carbonyl (C=O) groups excluding carboxylic acids is 1. The predicted octanol–water partition coefficient (Wildman–Crippen LogP) is 1.60. The molecule has 0 saturated carbocycles. The molecule has 0 unspecified atom stereocenters. The van der Waals surface area contributed by atoms with E-state index in [-0.39, 0.29) is 5.91 Å². The number of aryl methyl sites for hydroxylation is 1. The summed E-state index contributed by atoms with van der Waals surface area (Å²) in [6.07, 6.45) is 1.09. The number of carbonyl (C=O) groups is 1. The quantitative estimate of drug-likeness (QED) is 0.840. The second kappa shape index (κ2) is 5.49. The molecule has 0 aliphatic rings. The first-order valence-electron chi connectivity index (χ1n) is 5.51. The van der Waals surface area contributed by atoms with Crippen LogP contribution in [0.1, 0.15) is 29.5 Å². The third-order valence-corrected chi connectivity index (χ3v) is 2.49. The van der Waals surface area contributed by atoms with Crippen molar-refractivity contribution in [1.82, 2.24) is 10.3 Å². The lowest BCUT2D eigenvalue weighted by atomic mass is 10.2. The van der Waals surface area contributed by atoms with E-state index in [0.717, 1.165) is 24.3 Å². The normalized spacial score (nSPS) is 10.0. The van der Waals surface area contributed by atoms with Gasteiger partial charge in [-0.05, 0) is 25.5 Å². The molecule has 0 aromatic carbocycles. The molecule has 0 saturated heterocycles. The molecule has 0 radical (unpaired) electrons. The molecule has 0 spiro atoms. The number of amides is 1. The van der Waals surface area contributed by atoms with Crippen LogP contribution in [0.5, 0.6) is 0 Å². The fourth-order valence-corrected chi connectivity index (χ4v) is 1.67. The van der Waals surface area contributed by atoms with Gasteiger partial charge in [0.05, 0.1) is 11.4 Å². The Hall–Kier alpha value is -1.58. The van der Waals surface area contributed by atoms with Crippen molar-refractivity contribution in [2.75, 3.05) is 25.5 Å². The van der Waals surface area contributed by atoms with Crippen LogP contribution >= 0.6 is 0 Å². The van der Waals surface area contributed by atoms with Crippen LogP contribution in [-0.2, 0) is 0 Å². The molecule has 4 nitrogen and oxygen atoms in total. The maximum atomic E-state index is 11.4. The number of rotatable bonds is 4. The van der Waals surface area contributed by atoms with Crippen molar-refractivity contribution in [2.24, 2.45) is 0 Å². The zero-order valence-electron chi connectivity index (χ0n) is 10.4. The van der Waals surface area contributed by atoms with Gasteiger partial charge in [-0.3, -0.25) is 4.79 Å². The number of nitrogens with one attached hydrogen (secondary N) is 1. The molecule has 1 aromatic heterocycles. The molecule has 0 aliphatic carbocycles. The van der Waals surface area contributed by atoms with Crippen LogP contribution in [-0.4, -0.2) is 31.5 Å². The Balaban J connectivity index is 2.95. The van der Waals surface area contributed by atoms with E-state index >= 15 is 0 Å². The Kier molecular flexibility index (Phi) is 4.28. The van der Waals surface area contributed by atoms with E-state index in [0.29, 0.717) is 5.69 Å². The van der Waals surface area contributed by atoms with E-state index in [2.05, 4.69) is 22.1 Å². The number of aromatic nitrogens is 1. The van der Waals surface area contributed by atoms with E-state index < -0.39 is 0 Å². The van der Waals surface area contributed by atoms with Crippen molar-refractivity contribution in [3.8, 4) is 0 Å². The second-order valence-electron chi connectivity index (χ2n) is 3.80. The Morgan fingerprint density at radius 3 is 2.69 bits per heavy atom. The highest BCUT2D eigenvalue weighted by Crippen LogP contribution is 2.17. The van der Waals surface area contributed by atoms with E-state index in [9.17, 15) is 4.79 Å². The van der Waals surface area contributed by atoms with Crippen molar-refractivity contribution in [3.05, 3.63) is 23.5 Å². The number of hydrogen-bond donors (Lipinski definition) is 1. The molecule has 0 bridgehead atoms. The summed E-state index contributed by atoms with van der Waals surface area (Å²) in [5.74, 6) is -0.146. The van der Waals surface area contributed by atoms with Gasteiger partial charge in [0.15, 0.2) is 0 Å². The summed E-state index contributed by atoms with van der Waals surface area (Å²) < 4.78 is 0. The standard InChI is InChI=1S/C12H19N3O/c1-5-8-15(4)11-7-6-10(12(16)13-3)14-9(11)2/h6-7H,5,8H2,1-4H3,(H,13,16). The first kappa shape index (κ1) is 12.5. The van der Waals surface area contributed by atoms with E-state index in [1.807, 2.05) is 20.0 Å². The maximum Gasteiger partial charge on any atom is 0.269 e. The lowest BCUT2D eigenvalue weighted by Crippen LogP contribution is -2.22. The van der Waals surface area contributed by atoms with Crippen molar-refractivity contribution in [1.29, 1.82) is 0 Å². The topological polar surface area (TPSA) is 45.2 Å². The van der Waals surface area contributed by atoms with Crippen molar-refractivity contribution >= 4 is 11.6 Å². The fourth-order valence-electron chi connectivity index (χ4n) is 1.67. The number of nitrogens with zero attached hydrogens (tertiary/aromatic N) is 2. The van der Waals surface area contributed by atoms with Gasteiger partial charge in [-0.25, -0.2) is 4.98 Å². The molecule has 1 amide bonds. The van der Waals surface area contributed by atoms with Crippen LogP contribution < -0.4 is 10.2 Å². The second-order valence-corrected chi connectivity index (χ2v) is 3.80. The summed E-state index contributed by atoms with van der Waals surface area (Å²) in [7, 11) is 3.64. The van der Waals surface area contributed by atoms with Crippen LogP contribution in [0, 0.1) is 6.92 Å². The molecule has 0 atom stereocenters. The lowest BCUT2D eigenvalue weighted by molar-refractivity contribution is 0.0958. The highest BCUT2D eigenvalue weighted by molar-refractivity contribution is 5.92. The smallest absolute Gasteiger partial charge is 0.269 e. The molecule has 1 rings (SSSR count). The van der Waals surface area contributed by atoms with E-state index in [1.165, 1.54) is 0 Å². The average molecular weight is 221 g/mol. The Morgan fingerprint density at radius 1 is 1.50 bits per heavy atom. The summed E-state index contributed by atoms with van der Waals surface area (Å²) in [4.78, 5) is 17.8. The van der Waals surface area contributed by atoms with Gasteiger partial charge in [0.1, 0.15) is 5.69 Å². The van der Waals surface area contributed by atoms with Gasteiger partial charge < -0.3 is 10.2 Å². The SMILES string of the molecule is CCCN(C)c1ccc(C(=O)NC)nc1C. The third kappa shape index (κ3) is 2.72. The van der Waals surface area contributed by atoms with Crippen LogP contribution in [0.3, 0.4) is 0 Å². The molecular weight excluding hydrogens is 202 g/mol. The summed E-state index contributed by atoms with van der Waals surface area (Å²) in [6, 6.07) is 3.70. The largest absolute Gasteiger partial charge is 0.373 e. The average Bonchev–Trinajstić information content (AvgIpc) is 2.28. The van der Waals surface area contributed by atoms with Gasteiger partial charge in [0.25, 0.3) is 5.91 Å². The molecule has 1 heterocycles.